The van der Waals surface area contributed by atoms with Crippen LogP contribution in [-0.2, 0) is 31.5 Å². The topological polar surface area (TPSA) is 183 Å². The standard InChI is InChI=1S/C46H47N7O7/c1-52-32(26-59-33-9-5-8-31(20-33)42(30-6-3-2-4-7-30)50-45(58)60-46-27-53-19-18-36(46)37(46)25-53)21-38(51-52)44(57)48-23-29-12-10-28(11-13-29)22-47-24-40(55)34-14-16-39(54)43-35(34)15-17-41(56)49-43/h2-17,20-21,36-37,40,42,47,54-55H,18-19,22-27H2,1H3,(H,48,57)(H,49,56)(H,50,58)/t36?,37?,40-,42-,46+/m0/s1. The minimum absolute atomic E-state index is 0.0559. The SMILES string of the molecule is Cn1nc(C(=O)NCc2ccc(CNC[C@H](O)c3ccc(O)c4[nH]c(=O)ccc34)cc2)cc1COc1cccc([C@@H](NC(=O)O[C@]23CN4CCC2C3C4)c2ccccc2)c1. The van der Waals surface area contributed by atoms with Gasteiger partial charge in [0.15, 0.2) is 5.69 Å². The number of aromatic amines is 1. The first kappa shape index (κ1) is 39.0. The van der Waals surface area contributed by atoms with Crippen LogP contribution in [0.1, 0.15) is 62.6 Å². The molecule has 2 aromatic heterocycles. The van der Waals surface area contributed by atoms with Crippen LogP contribution >= 0.6 is 0 Å². The second-order valence-corrected chi connectivity index (χ2v) is 16.0. The van der Waals surface area contributed by atoms with E-state index in [1.165, 1.54) is 12.1 Å². The number of alkyl carbamates (subject to hydrolysis) is 1. The Morgan fingerprint density at radius 1 is 0.933 bits per heavy atom. The fourth-order valence-electron chi connectivity index (χ4n) is 8.98. The molecule has 1 saturated carbocycles. The van der Waals surface area contributed by atoms with Gasteiger partial charge in [-0.2, -0.15) is 5.10 Å². The van der Waals surface area contributed by atoms with Gasteiger partial charge in [0.1, 0.15) is 23.7 Å². The van der Waals surface area contributed by atoms with Gasteiger partial charge < -0.3 is 40.6 Å². The molecule has 4 aromatic carbocycles. The maximum absolute atomic E-state index is 13.4. The molecule has 10 rings (SSSR count). The molecule has 6 N–H and O–H groups in total. The monoisotopic (exact) mass is 809 g/mol. The fourth-order valence-corrected chi connectivity index (χ4v) is 8.98. The normalized spacial score (nSPS) is 20.9. The number of hydrogen-bond acceptors (Lipinski definition) is 10. The summed E-state index contributed by atoms with van der Waals surface area (Å²) in [6.45, 7) is 4.16. The number of carbonyl (C=O) groups excluding carboxylic acids is 2. The Morgan fingerprint density at radius 3 is 2.47 bits per heavy atom. The third-order valence-electron chi connectivity index (χ3n) is 12.2. The van der Waals surface area contributed by atoms with Crippen molar-refractivity contribution in [3.8, 4) is 11.5 Å². The van der Waals surface area contributed by atoms with Crippen molar-refractivity contribution in [1.29, 1.82) is 0 Å². The second kappa shape index (κ2) is 16.3. The molecule has 3 unspecified atom stereocenters. The number of phenolic OH excluding ortho intramolecular Hbond substituents is 1. The largest absolute Gasteiger partial charge is 0.506 e. The maximum atomic E-state index is 13.4. The third-order valence-corrected chi connectivity index (χ3v) is 12.2. The van der Waals surface area contributed by atoms with Gasteiger partial charge in [0.2, 0.25) is 5.56 Å². The highest BCUT2D eigenvalue weighted by Crippen LogP contribution is 2.62. The van der Waals surface area contributed by atoms with Crippen molar-refractivity contribution < 1.29 is 29.3 Å². The summed E-state index contributed by atoms with van der Waals surface area (Å²) in [4.78, 5) is 43.2. The zero-order valence-corrected chi connectivity index (χ0v) is 33.1. The van der Waals surface area contributed by atoms with Crippen molar-refractivity contribution in [3.63, 3.8) is 0 Å². The zero-order chi connectivity index (χ0) is 41.4. The van der Waals surface area contributed by atoms with Crippen molar-refractivity contribution in [2.24, 2.45) is 18.9 Å². The number of aliphatic hydroxyl groups is 1. The molecule has 6 aromatic rings. The number of carbonyl (C=O) groups is 2. The average Bonchev–Trinajstić information content (AvgIpc) is 3.50. The van der Waals surface area contributed by atoms with E-state index in [1.54, 1.807) is 29.9 Å². The molecule has 6 atom stereocenters. The lowest BCUT2D eigenvalue weighted by Gasteiger charge is -2.29. The van der Waals surface area contributed by atoms with Gasteiger partial charge in [0.25, 0.3) is 5.91 Å². The van der Waals surface area contributed by atoms with E-state index in [2.05, 4.69) is 30.9 Å². The number of amides is 2. The Bertz CT molecular complexity index is 2590. The molecule has 0 radical (unpaired) electrons. The number of rotatable bonds is 15. The van der Waals surface area contributed by atoms with Crippen LogP contribution < -0.4 is 26.2 Å². The van der Waals surface area contributed by atoms with Gasteiger partial charge in [-0.05, 0) is 71.1 Å². The van der Waals surface area contributed by atoms with Gasteiger partial charge in [0.05, 0.1) is 23.4 Å². The van der Waals surface area contributed by atoms with Crippen molar-refractivity contribution in [3.05, 3.63) is 159 Å². The molecule has 4 bridgehead atoms. The third kappa shape index (κ3) is 7.96. The van der Waals surface area contributed by atoms with Gasteiger partial charge in [-0.3, -0.25) is 19.2 Å². The minimum atomic E-state index is -0.864. The number of benzene rings is 4. The van der Waals surface area contributed by atoms with Crippen LogP contribution in [0, 0.1) is 11.8 Å². The first-order chi connectivity index (χ1) is 29.1. The van der Waals surface area contributed by atoms with Gasteiger partial charge >= 0.3 is 6.09 Å². The average molecular weight is 810 g/mol. The van der Waals surface area contributed by atoms with Crippen molar-refractivity contribution in [2.45, 2.75) is 43.9 Å². The summed E-state index contributed by atoms with van der Waals surface area (Å²) in [6, 6.07) is 32.6. The van der Waals surface area contributed by atoms with Crippen molar-refractivity contribution >= 4 is 22.9 Å². The summed E-state index contributed by atoms with van der Waals surface area (Å²) < 4.78 is 14.0. The number of aryl methyl sites for hydroxylation is 1. The Morgan fingerprint density at radius 2 is 1.72 bits per heavy atom. The first-order valence-electron chi connectivity index (χ1n) is 20.3. The van der Waals surface area contributed by atoms with Gasteiger partial charge in [-0.25, -0.2) is 4.79 Å². The van der Waals surface area contributed by atoms with Crippen LogP contribution in [-0.4, -0.2) is 73.7 Å². The number of hydrogen-bond donors (Lipinski definition) is 6. The van der Waals surface area contributed by atoms with Crippen molar-refractivity contribution in [1.82, 2.24) is 35.6 Å². The maximum Gasteiger partial charge on any atom is 0.408 e. The molecule has 3 aliphatic heterocycles. The number of ether oxygens (including phenoxy) is 2. The number of nitrogens with zero attached hydrogens (tertiary/aromatic N) is 3. The van der Waals surface area contributed by atoms with E-state index in [-0.39, 0.29) is 41.7 Å². The summed E-state index contributed by atoms with van der Waals surface area (Å²) in [5.74, 6) is 1.16. The number of aromatic nitrogens is 3. The number of H-pyrrole nitrogens is 1. The number of fused-ring (bicyclic) bond motifs is 2. The quantitative estimate of drug-likeness (QED) is 0.0842. The van der Waals surface area contributed by atoms with Crippen LogP contribution in [0.25, 0.3) is 10.9 Å². The summed E-state index contributed by atoms with van der Waals surface area (Å²) in [5.41, 5.74) is 4.88. The van der Waals surface area contributed by atoms with E-state index >= 15 is 0 Å². The minimum Gasteiger partial charge on any atom is -0.506 e. The predicted octanol–water partition coefficient (Wildman–Crippen LogP) is 4.82. The molecule has 2 amide bonds. The Balaban J connectivity index is 0.764. The lowest BCUT2D eigenvalue weighted by atomic mass is 9.98. The number of aliphatic hydroxyl groups excluding tert-OH is 1. The Hall–Kier alpha value is -6.48. The highest BCUT2D eigenvalue weighted by Gasteiger charge is 2.74. The molecule has 0 spiro atoms. The highest BCUT2D eigenvalue weighted by atomic mass is 16.6. The molecular weight excluding hydrogens is 763 g/mol. The van der Waals surface area contributed by atoms with Crippen LogP contribution in [0.15, 0.2) is 114 Å². The van der Waals surface area contributed by atoms with E-state index in [4.69, 9.17) is 9.47 Å². The van der Waals surface area contributed by atoms with Gasteiger partial charge in [-0.1, -0.05) is 72.8 Å². The molecular formula is C46H47N7O7. The second-order valence-electron chi connectivity index (χ2n) is 16.0. The molecule has 60 heavy (non-hydrogen) atoms. The number of pyridine rings is 1. The fraction of sp³-hybridized carbons (Fsp3) is 0.304. The van der Waals surface area contributed by atoms with E-state index in [1.807, 2.05) is 78.9 Å². The summed E-state index contributed by atoms with van der Waals surface area (Å²) in [6.07, 6.45) is -0.187. The molecule has 14 nitrogen and oxygen atoms in total. The Kier molecular flexibility index (Phi) is 10.6. The van der Waals surface area contributed by atoms with Crippen LogP contribution in [0.2, 0.25) is 0 Å². The predicted molar refractivity (Wildman–Crippen MR) is 223 cm³/mol. The number of nitrogens with one attached hydrogen (secondary N) is 4. The van der Waals surface area contributed by atoms with Gasteiger partial charge in [-0.15, -0.1) is 0 Å². The van der Waals surface area contributed by atoms with E-state index in [9.17, 15) is 24.6 Å². The number of phenols is 1. The van der Waals surface area contributed by atoms with Crippen LogP contribution in [0.4, 0.5) is 4.79 Å². The van der Waals surface area contributed by atoms with Crippen molar-refractivity contribution in [2.75, 3.05) is 26.2 Å². The molecule has 14 heteroatoms. The van der Waals surface area contributed by atoms with E-state index < -0.39 is 18.2 Å². The summed E-state index contributed by atoms with van der Waals surface area (Å²) in [5, 5.41) is 35.3. The lowest BCUT2D eigenvalue weighted by molar-refractivity contribution is 0.0436. The highest BCUT2D eigenvalue weighted by molar-refractivity contribution is 5.92. The van der Waals surface area contributed by atoms with Gasteiger partial charge in [0, 0.05) is 63.1 Å². The Labute approximate surface area is 346 Å². The molecule has 5 heterocycles. The molecule has 4 fully saturated rings. The van der Waals surface area contributed by atoms with E-state index in [0.717, 1.165) is 48.3 Å². The summed E-state index contributed by atoms with van der Waals surface area (Å²) in [7, 11) is 1.77. The zero-order valence-electron chi connectivity index (χ0n) is 33.1. The number of aromatic hydroxyl groups is 1. The molecule has 3 saturated heterocycles. The van der Waals surface area contributed by atoms with Crippen LogP contribution in [0.3, 0.4) is 0 Å². The smallest absolute Gasteiger partial charge is 0.408 e. The lowest BCUT2D eigenvalue weighted by Crippen LogP contribution is -2.42. The first-order valence-corrected chi connectivity index (χ1v) is 20.3. The number of piperidine rings is 3. The molecule has 4 aliphatic rings. The molecule has 1 aliphatic carbocycles. The summed E-state index contributed by atoms with van der Waals surface area (Å²) >= 11 is 0. The van der Waals surface area contributed by atoms with E-state index in [0.29, 0.717) is 52.8 Å². The molecule has 308 valence electrons. The van der Waals surface area contributed by atoms with Crippen LogP contribution in [0.5, 0.6) is 11.5 Å².